The van der Waals surface area contributed by atoms with Gasteiger partial charge in [0.15, 0.2) is 6.04 Å². The van der Waals surface area contributed by atoms with Gasteiger partial charge in [-0.25, -0.2) is 4.79 Å². The minimum Gasteiger partial charge on any atom is -0.480 e. The van der Waals surface area contributed by atoms with Gasteiger partial charge < -0.3 is 15.5 Å². The maximum Gasteiger partial charge on any atom is 0.328 e. The fraction of sp³-hybridized carbons (Fsp3) is 0.250. The van der Waals surface area contributed by atoms with E-state index in [0.717, 1.165) is 11.3 Å². The number of hydrogen-bond donors (Lipinski definition) is 3. The van der Waals surface area contributed by atoms with E-state index in [4.69, 9.17) is 21.8 Å². The standard InChI is InChI=1S/C8H8ClNO4S/c9-6-2-1-5(15-6)7(12)10-4(3-11)8(13)14/h1-2,4,11H,3H2,(H,10,12)(H,13,14)/t4-/m0/s1. The molecule has 1 aromatic rings. The van der Waals surface area contributed by atoms with Crippen LogP contribution in [0.25, 0.3) is 0 Å². The summed E-state index contributed by atoms with van der Waals surface area (Å²) in [6.07, 6.45) is 0. The summed E-state index contributed by atoms with van der Waals surface area (Å²) in [6.45, 7) is -0.653. The number of hydrogen-bond acceptors (Lipinski definition) is 4. The second-order valence-corrected chi connectivity index (χ2v) is 4.37. The number of carboxylic acid groups (broad SMARTS) is 1. The quantitative estimate of drug-likeness (QED) is 0.728. The van der Waals surface area contributed by atoms with Crippen molar-refractivity contribution >= 4 is 34.8 Å². The molecular formula is C8H8ClNO4S. The van der Waals surface area contributed by atoms with Gasteiger partial charge in [0.05, 0.1) is 15.8 Å². The highest BCUT2D eigenvalue weighted by Gasteiger charge is 2.20. The SMILES string of the molecule is O=C(N[C@@H](CO)C(=O)O)c1ccc(Cl)s1. The predicted molar refractivity (Wildman–Crippen MR) is 55.3 cm³/mol. The third kappa shape index (κ3) is 3.19. The lowest BCUT2D eigenvalue weighted by Crippen LogP contribution is -2.43. The number of rotatable bonds is 4. The lowest BCUT2D eigenvalue weighted by atomic mass is 10.3. The molecule has 0 aliphatic heterocycles. The van der Waals surface area contributed by atoms with Crippen molar-refractivity contribution in [3.05, 3.63) is 21.3 Å². The Bertz CT molecular complexity index is 378. The number of aliphatic hydroxyl groups excluding tert-OH is 1. The van der Waals surface area contributed by atoms with E-state index in [0.29, 0.717) is 9.21 Å². The van der Waals surface area contributed by atoms with E-state index in [-0.39, 0.29) is 0 Å². The molecule has 0 aliphatic rings. The summed E-state index contributed by atoms with van der Waals surface area (Å²) in [5.41, 5.74) is 0. The van der Waals surface area contributed by atoms with Crippen LogP contribution in [0.1, 0.15) is 9.67 Å². The summed E-state index contributed by atoms with van der Waals surface area (Å²) >= 11 is 6.65. The Labute approximate surface area is 94.3 Å². The maximum atomic E-state index is 11.4. The number of halogens is 1. The minimum atomic E-state index is -1.29. The summed E-state index contributed by atoms with van der Waals surface area (Å²) in [6, 6.07) is 1.73. The Morgan fingerprint density at radius 2 is 2.20 bits per heavy atom. The van der Waals surface area contributed by atoms with Gasteiger partial charge >= 0.3 is 5.97 Å². The van der Waals surface area contributed by atoms with Crippen LogP contribution in [0.3, 0.4) is 0 Å². The molecule has 1 aromatic heterocycles. The molecule has 1 atom stereocenters. The Kier molecular flexibility index (Phi) is 4.07. The Morgan fingerprint density at radius 1 is 1.53 bits per heavy atom. The van der Waals surface area contributed by atoms with Crippen molar-refractivity contribution < 1.29 is 19.8 Å². The first-order valence-electron chi connectivity index (χ1n) is 3.94. The van der Waals surface area contributed by atoms with Crippen LogP contribution in [0.5, 0.6) is 0 Å². The van der Waals surface area contributed by atoms with E-state index in [1.165, 1.54) is 12.1 Å². The zero-order chi connectivity index (χ0) is 11.4. The van der Waals surface area contributed by atoms with Crippen LogP contribution in [0, 0.1) is 0 Å². The third-order valence-corrected chi connectivity index (χ3v) is 2.81. The Balaban J connectivity index is 2.66. The van der Waals surface area contributed by atoms with Gasteiger partial charge in [0.1, 0.15) is 0 Å². The Morgan fingerprint density at radius 3 is 2.60 bits per heavy atom. The van der Waals surface area contributed by atoms with Crippen molar-refractivity contribution in [2.24, 2.45) is 0 Å². The molecule has 82 valence electrons. The molecule has 5 nitrogen and oxygen atoms in total. The van der Waals surface area contributed by atoms with Gasteiger partial charge in [0, 0.05) is 0 Å². The molecule has 3 N–H and O–H groups in total. The van der Waals surface area contributed by atoms with E-state index in [2.05, 4.69) is 5.32 Å². The van der Waals surface area contributed by atoms with Gasteiger partial charge in [-0.15, -0.1) is 11.3 Å². The molecule has 0 spiro atoms. The largest absolute Gasteiger partial charge is 0.480 e. The first-order chi connectivity index (χ1) is 7.04. The maximum absolute atomic E-state index is 11.4. The van der Waals surface area contributed by atoms with Gasteiger partial charge in [0.25, 0.3) is 5.91 Å². The van der Waals surface area contributed by atoms with E-state index in [1.807, 2.05) is 0 Å². The summed E-state index contributed by atoms with van der Waals surface area (Å²) in [5.74, 6) is -1.85. The topological polar surface area (TPSA) is 86.6 Å². The summed E-state index contributed by atoms with van der Waals surface area (Å²) < 4.78 is 0.441. The van der Waals surface area contributed by atoms with Crippen LogP contribution in [0.15, 0.2) is 12.1 Å². The van der Waals surface area contributed by atoms with Crippen LogP contribution in [-0.2, 0) is 4.79 Å². The minimum absolute atomic E-state index is 0.305. The smallest absolute Gasteiger partial charge is 0.328 e. The van der Waals surface area contributed by atoms with E-state index in [1.54, 1.807) is 0 Å². The molecule has 0 aromatic carbocycles. The van der Waals surface area contributed by atoms with Crippen molar-refractivity contribution in [1.29, 1.82) is 0 Å². The fourth-order valence-electron chi connectivity index (χ4n) is 0.851. The second-order valence-electron chi connectivity index (χ2n) is 2.65. The highest BCUT2D eigenvalue weighted by Crippen LogP contribution is 2.21. The first-order valence-corrected chi connectivity index (χ1v) is 5.14. The molecule has 1 amide bonds. The average molecular weight is 250 g/mol. The van der Waals surface area contributed by atoms with Crippen molar-refractivity contribution in [3.63, 3.8) is 0 Å². The van der Waals surface area contributed by atoms with Crippen molar-refractivity contribution in [2.45, 2.75) is 6.04 Å². The molecule has 0 bridgehead atoms. The van der Waals surface area contributed by atoms with Gasteiger partial charge in [-0.1, -0.05) is 11.6 Å². The second kappa shape index (κ2) is 5.11. The molecule has 0 saturated heterocycles. The highest BCUT2D eigenvalue weighted by molar-refractivity contribution is 7.18. The van der Waals surface area contributed by atoms with Crippen LogP contribution in [0.4, 0.5) is 0 Å². The number of aliphatic hydroxyl groups is 1. The number of thiophene rings is 1. The molecule has 15 heavy (non-hydrogen) atoms. The number of nitrogens with one attached hydrogen (secondary N) is 1. The van der Waals surface area contributed by atoms with Crippen LogP contribution < -0.4 is 5.32 Å². The van der Waals surface area contributed by atoms with Crippen molar-refractivity contribution in [2.75, 3.05) is 6.61 Å². The number of aliphatic carboxylic acids is 1. The first kappa shape index (κ1) is 12.0. The van der Waals surface area contributed by atoms with Gasteiger partial charge in [-0.2, -0.15) is 0 Å². The summed E-state index contributed by atoms with van der Waals surface area (Å²) in [4.78, 5) is 22.2. The Hall–Kier alpha value is -1.11. The summed E-state index contributed by atoms with van der Waals surface area (Å²) in [5, 5.41) is 19.4. The van der Waals surface area contributed by atoms with Gasteiger partial charge in [-0.05, 0) is 12.1 Å². The monoisotopic (exact) mass is 249 g/mol. The predicted octanol–water partition coefficient (Wildman–Crippen LogP) is 0.577. The van der Waals surface area contributed by atoms with Crippen LogP contribution in [0.2, 0.25) is 4.34 Å². The lowest BCUT2D eigenvalue weighted by Gasteiger charge is -2.09. The molecule has 0 fully saturated rings. The molecule has 1 rings (SSSR count). The number of carbonyl (C=O) groups excluding carboxylic acids is 1. The number of carboxylic acids is 1. The zero-order valence-electron chi connectivity index (χ0n) is 7.44. The third-order valence-electron chi connectivity index (χ3n) is 1.58. The number of carbonyl (C=O) groups is 2. The molecule has 1 heterocycles. The van der Waals surface area contributed by atoms with E-state index < -0.39 is 24.5 Å². The van der Waals surface area contributed by atoms with Crippen molar-refractivity contribution in [1.82, 2.24) is 5.32 Å². The van der Waals surface area contributed by atoms with E-state index >= 15 is 0 Å². The van der Waals surface area contributed by atoms with Crippen molar-refractivity contribution in [3.8, 4) is 0 Å². The van der Waals surface area contributed by atoms with Crippen LogP contribution >= 0.6 is 22.9 Å². The van der Waals surface area contributed by atoms with Crippen LogP contribution in [-0.4, -0.2) is 34.7 Å². The fourth-order valence-corrected chi connectivity index (χ4v) is 1.80. The lowest BCUT2D eigenvalue weighted by molar-refractivity contribution is -0.140. The van der Waals surface area contributed by atoms with Gasteiger partial charge in [-0.3, -0.25) is 4.79 Å². The highest BCUT2D eigenvalue weighted by atomic mass is 35.5. The van der Waals surface area contributed by atoms with E-state index in [9.17, 15) is 9.59 Å². The normalized spacial score (nSPS) is 12.1. The molecule has 0 radical (unpaired) electrons. The average Bonchev–Trinajstić information content (AvgIpc) is 2.60. The molecule has 0 aliphatic carbocycles. The number of amides is 1. The van der Waals surface area contributed by atoms with Gasteiger partial charge in [0.2, 0.25) is 0 Å². The molecule has 7 heteroatoms. The zero-order valence-corrected chi connectivity index (χ0v) is 9.01. The molecule has 0 unspecified atom stereocenters. The molecular weight excluding hydrogens is 242 g/mol. The molecule has 0 saturated carbocycles. The summed E-state index contributed by atoms with van der Waals surface area (Å²) in [7, 11) is 0.